The second-order valence-corrected chi connectivity index (χ2v) is 4.21. The van der Waals surface area contributed by atoms with E-state index in [1.165, 1.54) is 0 Å². The van der Waals surface area contributed by atoms with Crippen molar-refractivity contribution in [1.29, 1.82) is 0 Å². The minimum absolute atomic E-state index is 0.0570. The van der Waals surface area contributed by atoms with Crippen molar-refractivity contribution in [3.8, 4) is 0 Å². The van der Waals surface area contributed by atoms with Crippen LogP contribution in [-0.4, -0.2) is 34.8 Å². The summed E-state index contributed by atoms with van der Waals surface area (Å²) in [6.45, 7) is 1.61. The third-order valence-corrected chi connectivity index (χ3v) is 2.93. The maximum atomic E-state index is 9.64. The molecule has 0 saturated carbocycles. The molecule has 84 valence electrons. The molecule has 15 heavy (non-hydrogen) atoms. The van der Waals surface area contributed by atoms with E-state index in [0.717, 1.165) is 18.4 Å². The quantitative estimate of drug-likeness (QED) is 0.573. The van der Waals surface area contributed by atoms with Gasteiger partial charge in [0.2, 0.25) is 0 Å². The molecule has 0 aromatic heterocycles. The van der Waals surface area contributed by atoms with Crippen molar-refractivity contribution in [3.63, 3.8) is 0 Å². The second kappa shape index (κ2) is 4.06. The van der Waals surface area contributed by atoms with Crippen LogP contribution in [0.2, 0.25) is 0 Å². The average molecular weight is 211 g/mol. The van der Waals surface area contributed by atoms with E-state index >= 15 is 0 Å². The molecule has 1 heterocycles. The van der Waals surface area contributed by atoms with Crippen LogP contribution >= 0.6 is 0 Å². The summed E-state index contributed by atoms with van der Waals surface area (Å²) in [5.74, 6) is 0. The molecule has 0 bridgehead atoms. The van der Waals surface area contributed by atoms with Gasteiger partial charge in [0.1, 0.15) is 0 Å². The van der Waals surface area contributed by atoms with Gasteiger partial charge in [0, 0.05) is 11.6 Å². The minimum atomic E-state index is -0.985. The zero-order valence-electron chi connectivity index (χ0n) is 8.76. The molecule has 0 saturated heterocycles. The SMILES string of the molecule is CC(O)C1=CC2=CC(N)CCC2OC1O. The molecule has 0 amide bonds. The first-order valence-corrected chi connectivity index (χ1v) is 5.28. The van der Waals surface area contributed by atoms with Gasteiger partial charge in [0.05, 0.1) is 12.2 Å². The molecule has 0 aromatic carbocycles. The maximum absolute atomic E-state index is 9.64. The number of rotatable bonds is 1. The van der Waals surface area contributed by atoms with Gasteiger partial charge in [-0.15, -0.1) is 0 Å². The van der Waals surface area contributed by atoms with Crippen molar-refractivity contribution >= 4 is 0 Å². The van der Waals surface area contributed by atoms with E-state index in [2.05, 4.69) is 0 Å². The molecule has 4 heteroatoms. The molecule has 0 fully saturated rings. The standard InChI is InChI=1S/C11H17NO3/c1-6(13)9-5-7-4-8(12)2-3-10(7)15-11(9)14/h4-6,8,10-11,13-14H,2-3,12H2,1H3. The Balaban J connectivity index is 2.29. The second-order valence-electron chi connectivity index (χ2n) is 4.21. The number of ether oxygens (including phenoxy) is 1. The van der Waals surface area contributed by atoms with E-state index < -0.39 is 12.4 Å². The average Bonchev–Trinajstić information content (AvgIpc) is 2.17. The van der Waals surface area contributed by atoms with Gasteiger partial charge in [0.25, 0.3) is 0 Å². The van der Waals surface area contributed by atoms with Crippen molar-refractivity contribution in [3.05, 3.63) is 23.3 Å². The molecule has 4 atom stereocenters. The fourth-order valence-electron chi connectivity index (χ4n) is 2.06. The predicted octanol–water partition coefficient (Wildman–Crippen LogP) is 0.0583. The highest BCUT2D eigenvalue weighted by molar-refractivity contribution is 5.35. The number of hydrogen-bond acceptors (Lipinski definition) is 4. The van der Waals surface area contributed by atoms with Crippen molar-refractivity contribution in [1.82, 2.24) is 0 Å². The number of nitrogens with two attached hydrogens (primary N) is 1. The lowest BCUT2D eigenvalue weighted by molar-refractivity contribution is -0.117. The van der Waals surface area contributed by atoms with Crippen molar-refractivity contribution in [2.45, 2.75) is 44.3 Å². The van der Waals surface area contributed by atoms with Crippen molar-refractivity contribution < 1.29 is 14.9 Å². The van der Waals surface area contributed by atoms with Gasteiger partial charge in [-0.1, -0.05) is 6.08 Å². The summed E-state index contributed by atoms with van der Waals surface area (Å²) >= 11 is 0. The first kappa shape index (κ1) is 10.8. The first-order chi connectivity index (χ1) is 7.08. The van der Waals surface area contributed by atoms with Crippen LogP contribution in [0.3, 0.4) is 0 Å². The lowest BCUT2D eigenvalue weighted by Crippen LogP contribution is -2.37. The van der Waals surface area contributed by atoms with Crippen LogP contribution in [0.1, 0.15) is 19.8 Å². The summed E-state index contributed by atoms with van der Waals surface area (Å²) < 4.78 is 5.42. The molecular weight excluding hydrogens is 194 g/mol. The Morgan fingerprint density at radius 3 is 2.93 bits per heavy atom. The van der Waals surface area contributed by atoms with Gasteiger partial charge in [-0.25, -0.2) is 0 Å². The predicted molar refractivity (Wildman–Crippen MR) is 55.9 cm³/mol. The van der Waals surface area contributed by atoms with Crippen LogP contribution in [0.15, 0.2) is 23.3 Å². The number of aliphatic hydroxyl groups excluding tert-OH is 2. The third kappa shape index (κ3) is 2.13. The highest BCUT2D eigenvalue weighted by Crippen LogP contribution is 2.30. The zero-order valence-corrected chi connectivity index (χ0v) is 8.76. The van der Waals surface area contributed by atoms with Crippen LogP contribution in [0.4, 0.5) is 0 Å². The largest absolute Gasteiger partial charge is 0.389 e. The van der Waals surface area contributed by atoms with Crippen molar-refractivity contribution in [2.75, 3.05) is 0 Å². The Kier molecular flexibility index (Phi) is 2.93. The summed E-state index contributed by atoms with van der Waals surface area (Å²) in [5, 5.41) is 19.1. The lowest BCUT2D eigenvalue weighted by atomic mass is 9.89. The van der Waals surface area contributed by atoms with Gasteiger partial charge < -0.3 is 20.7 Å². The van der Waals surface area contributed by atoms with E-state index in [1.807, 2.05) is 12.2 Å². The molecule has 0 radical (unpaired) electrons. The monoisotopic (exact) mass is 211 g/mol. The van der Waals surface area contributed by atoms with Gasteiger partial charge in [-0.05, 0) is 31.4 Å². The molecule has 0 spiro atoms. The molecule has 2 aliphatic rings. The number of aliphatic hydroxyl groups is 2. The van der Waals surface area contributed by atoms with E-state index in [4.69, 9.17) is 10.5 Å². The summed E-state index contributed by atoms with van der Waals surface area (Å²) in [6, 6.07) is 0.0570. The zero-order chi connectivity index (χ0) is 11.0. The molecule has 2 rings (SSSR count). The maximum Gasteiger partial charge on any atom is 0.180 e. The normalized spacial score (nSPS) is 37.7. The molecule has 4 N–H and O–H groups in total. The fourth-order valence-corrected chi connectivity index (χ4v) is 2.06. The van der Waals surface area contributed by atoms with Crippen LogP contribution in [-0.2, 0) is 4.74 Å². The first-order valence-electron chi connectivity index (χ1n) is 5.28. The summed E-state index contributed by atoms with van der Waals surface area (Å²) in [5.41, 5.74) is 7.30. The Labute approximate surface area is 89.0 Å². The number of fused-ring (bicyclic) bond motifs is 1. The van der Waals surface area contributed by atoms with E-state index in [1.54, 1.807) is 6.92 Å². The van der Waals surface area contributed by atoms with Gasteiger partial charge in [-0.2, -0.15) is 0 Å². The van der Waals surface area contributed by atoms with Gasteiger partial charge >= 0.3 is 0 Å². The van der Waals surface area contributed by atoms with Gasteiger partial charge in [-0.3, -0.25) is 0 Å². The summed E-state index contributed by atoms with van der Waals surface area (Å²) in [4.78, 5) is 0. The summed E-state index contributed by atoms with van der Waals surface area (Å²) in [7, 11) is 0. The Morgan fingerprint density at radius 2 is 2.27 bits per heavy atom. The van der Waals surface area contributed by atoms with Crippen LogP contribution < -0.4 is 5.73 Å². The van der Waals surface area contributed by atoms with E-state index in [-0.39, 0.29) is 12.1 Å². The topological polar surface area (TPSA) is 75.7 Å². The third-order valence-electron chi connectivity index (χ3n) is 2.93. The van der Waals surface area contributed by atoms with Crippen molar-refractivity contribution in [2.24, 2.45) is 5.73 Å². The molecule has 1 aliphatic heterocycles. The Morgan fingerprint density at radius 1 is 1.53 bits per heavy atom. The van der Waals surface area contributed by atoms with E-state index in [9.17, 15) is 10.2 Å². The number of hydrogen-bond donors (Lipinski definition) is 3. The fraction of sp³-hybridized carbons (Fsp3) is 0.636. The molecule has 0 aromatic rings. The minimum Gasteiger partial charge on any atom is -0.389 e. The van der Waals surface area contributed by atoms with Crippen LogP contribution in [0.25, 0.3) is 0 Å². The van der Waals surface area contributed by atoms with Crippen LogP contribution in [0, 0.1) is 0 Å². The molecule has 4 nitrogen and oxygen atoms in total. The van der Waals surface area contributed by atoms with E-state index in [0.29, 0.717) is 5.57 Å². The Hall–Kier alpha value is -0.680. The molecule has 1 aliphatic carbocycles. The Bertz CT molecular complexity index is 309. The lowest BCUT2D eigenvalue weighted by Gasteiger charge is -2.34. The molecular formula is C11H17NO3. The van der Waals surface area contributed by atoms with Gasteiger partial charge in [0.15, 0.2) is 6.29 Å². The highest BCUT2D eigenvalue weighted by atomic mass is 16.6. The molecule has 4 unspecified atom stereocenters. The summed E-state index contributed by atoms with van der Waals surface area (Å²) in [6.07, 6.45) is 3.71. The smallest absolute Gasteiger partial charge is 0.180 e. The highest BCUT2D eigenvalue weighted by Gasteiger charge is 2.30. The van der Waals surface area contributed by atoms with Crippen LogP contribution in [0.5, 0.6) is 0 Å².